The van der Waals surface area contributed by atoms with Gasteiger partial charge in [0.25, 0.3) is 0 Å². The fraction of sp³-hybridized carbons (Fsp3) is 0.625. The molecule has 72 valence electrons. The molecule has 1 fully saturated rings. The van der Waals surface area contributed by atoms with Crippen molar-refractivity contribution in [2.24, 2.45) is 0 Å². The SMILES string of the molecule is OC1CCN(c2cc[nH]n2)CC1O. The zero-order valence-corrected chi connectivity index (χ0v) is 7.22. The van der Waals surface area contributed by atoms with Crippen LogP contribution >= 0.6 is 0 Å². The molecule has 2 atom stereocenters. The second kappa shape index (κ2) is 3.35. The first-order valence-electron chi connectivity index (χ1n) is 4.38. The van der Waals surface area contributed by atoms with Crippen LogP contribution in [0.4, 0.5) is 5.82 Å². The zero-order valence-electron chi connectivity index (χ0n) is 7.22. The van der Waals surface area contributed by atoms with Crippen LogP contribution in [0.3, 0.4) is 0 Å². The number of nitrogens with zero attached hydrogens (tertiary/aromatic N) is 2. The van der Waals surface area contributed by atoms with Gasteiger partial charge in [-0.3, -0.25) is 5.10 Å². The van der Waals surface area contributed by atoms with Gasteiger partial charge in [0.15, 0.2) is 0 Å². The average Bonchev–Trinajstić information content (AvgIpc) is 2.62. The van der Waals surface area contributed by atoms with Gasteiger partial charge in [-0.15, -0.1) is 0 Å². The van der Waals surface area contributed by atoms with Gasteiger partial charge in [-0.2, -0.15) is 5.10 Å². The van der Waals surface area contributed by atoms with Crippen LogP contribution in [0.2, 0.25) is 0 Å². The van der Waals surface area contributed by atoms with Crippen molar-refractivity contribution >= 4 is 5.82 Å². The largest absolute Gasteiger partial charge is 0.390 e. The highest BCUT2D eigenvalue weighted by molar-refractivity contribution is 5.37. The van der Waals surface area contributed by atoms with Crippen LogP contribution in [0.5, 0.6) is 0 Å². The molecule has 3 N–H and O–H groups in total. The Morgan fingerprint density at radius 1 is 1.46 bits per heavy atom. The summed E-state index contributed by atoms with van der Waals surface area (Å²) in [6.07, 6.45) is 1.08. The molecule has 5 heteroatoms. The molecular weight excluding hydrogens is 170 g/mol. The first-order valence-corrected chi connectivity index (χ1v) is 4.38. The second-order valence-corrected chi connectivity index (χ2v) is 3.30. The molecule has 0 bridgehead atoms. The van der Waals surface area contributed by atoms with E-state index in [4.69, 9.17) is 0 Å². The van der Waals surface area contributed by atoms with Crippen LogP contribution in [0, 0.1) is 0 Å². The van der Waals surface area contributed by atoms with Crippen molar-refractivity contribution in [3.05, 3.63) is 12.3 Å². The van der Waals surface area contributed by atoms with E-state index in [-0.39, 0.29) is 0 Å². The number of hydrogen-bond acceptors (Lipinski definition) is 4. The monoisotopic (exact) mass is 183 g/mol. The summed E-state index contributed by atoms with van der Waals surface area (Å²) in [4.78, 5) is 1.95. The normalized spacial score (nSPS) is 29.2. The summed E-state index contributed by atoms with van der Waals surface area (Å²) in [6, 6.07) is 1.85. The number of hydrogen-bond donors (Lipinski definition) is 3. The molecule has 13 heavy (non-hydrogen) atoms. The van der Waals surface area contributed by atoms with Crippen LogP contribution in [0.25, 0.3) is 0 Å². The number of aliphatic hydroxyl groups excluding tert-OH is 2. The topological polar surface area (TPSA) is 72.4 Å². The van der Waals surface area contributed by atoms with E-state index in [1.807, 2.05) is 11.0 Å². The smallest absolute Gasteiger partial charge is 0.150 e. The van der Waals surface area contributed by atoms with Gasteiger partial charge in [-0.25, -0.2) is 0 Å². The summed E-state index contributed by atoms with van der Waals surface area (Å²) < 4.78 is 0. The number of rotatable bonds is 1. The predicted molar refractivity (Wildman–Crippen MR) is 47.4 cm³/mol. The fourth-order valence-electron chi connectivity index (χ4n) is 1.56. The third kappa shape index (κ3) is 1.66. The lowest BCUT2D eigenvalue weighted by atomic mass is 10.1. The van der Waals surface area contributed by atoms with Crippen LogP contribution in [-0.4, -0.2) is 45.7 Å². The highest BCUT2D eigenvalue weighted by Crippen LogP contribution is 2.16. The van der Waals surface area contributed by atoms with Crippen LogP contribution < -0.4 is 4.90 Å². The molecule has 0 amide bonds. The molecule has 1 aromatic heterocycles. The van der Waals surface area contributed by atoms with Gasteiger partial charge in [0, 0.05) is 25.4 Å². The number of anilines is 1. The van der Waals surface area contributed by atoms with Gasteiger partial charge in [0.1, 0.15) is 5.82 Å². The highest BCUT2D eigenvalue weighted by atomic mass is 16.3. The lowest BCUT2D eigenvalue weighted by molar-refractivity contribution is 0.00786. The minimum atomic E-state index is -0.662. The number of aliphatic hydroxyl groups is 2. The van der Waals surface area contributed by atoms with Crippen molar-refractivity contribution in [1.29, 1.82) is 0 Å². The fourth-order valence-corrected chi connectivity index (χ4v) is 1.56. The molecule has 1 aliphatic heterocycles. The second-order valence-electron chi connectivity index (χ2n) is 3.30. The van der Waals surface area contributed by atoms with Crippen LogP contribution in [-0.2, 0) is 0 Å². The van der Waals surface area contributed by atoms with Crippen molar-refractivity contribution in [3.8, 4) is 0 Å². The van der Waals surface area contributed by atoms with E-state index in [2.05, 4.69) is 10.2 Å². The number of piperidine rings is 1. The molecule has 1 aromatic rings. The molecule has 1 saturated heterocycles. The molecule has 0 aliphatic carbocycles. The van der Waals surface area contributed by atoms with E-state index in [0.29, 0.717) is 13.0 Å². The summed E-state index contributed by atoms with van der Waals surface area (Å²) in [5, 5.41) is 25.4. The molecule has 0 radical (unpaired) electrons. The van der Waals surface area contributed by atoms with E-state index in [0.717, 1.165) is 12.4 Å². The Kier molecular flexibility index (Phi) is 2.20. The van der Waals surface area contributed by atoms with Crippen molar-refractivity contribution in [2.75, 3.05) is 18.0 Å². The number of aromatic amines is 1. The van der Waals surface area contributed by atoms with Gasteiger partial charge in [0.2, 0.25) is 0 Å². The maximum atomic E-state index is 9.42. The number of β-amino-alcohol motifs (C(OH)–C–C–N with tert-alkyl or cyclic N) is 1. The average molecular weight is 183 g/mol. The van der Waals surface area contributed by atoms with Gasteiger partial charge in [-0.05, 0) is 6.42 Å². The van der Waals surface area contributed by atoms with Crippen molar-refractivity contribution < 1.29 is 10.2 Å². The third-order valence-corrected chi connectivity index (χ3v) is 2.36. The Labute approximate surface area is 76.0 Å². The number of aromatic nitrogens is 2. The van der Waals surface area contributed by atoms with Crippen molar-refractivity contribution in [1.82, 2.24) is 10.2 Å². The van der Waals surface area contributed by atoms with E-state index in [1.165, 1.54) is 0 Å². The summed E-state index contributed by atoms with van der Waals surface area (Å²) in [5.41, 5.74) is 0. The molecule has 2 rings (SSSR count). The molecule has 0 aromatic carbocycles. The summed E-state index contributed by atoms with van der Waals surface area (Å²) in [5.74, 6) is 0.825. The molecule has 5 nitrogen and oxygen atoms in total. The van der Waals surface area contributed by atoms with E-state index in [9.17, 15) is 10.2 Å². The molecule has 0 saturated carbocycles. The number of H-pyrrole nitrogens is 1. The van der Waals surface area contributed by atoms with Crippen molar-refractivity contribution in [3.63, 3.8) is 0 Å². The van der Waals surface area contributed by atoms with Gasteiger partial charge in [-0.1, -0.05) is 0 Å². The van der Waals surface area contributed by atoms with Crippen LogP contribution in [0.15, 0.2) is 12.3 Å². The molecule has 2 unspecified atom stereocenters. The Balaban J connectivity index is 2.03. The van der Waals surface area contributed by atoms with Gasteiger partial charge < -0.3 is 15.1 Å². The van der Waals surface area contributed by atoms with E-state index in [1.54, 1.807) is 6.20 Å². The minimum absolute atomic E-state index is 0.450. The molecular formula is C8H13N3O2. The third-order valence-electron chi connectivity index (χ3n) is 2.36. The quantitative estimate of drug-likeness (QED) is 0.540. The molecule has 0 spiro atoms. The first-order chi connectivity index (χ1) is 6.27. The van der Waals surface area contributed by atoms with E-state index >= 15 is 0 Å². The maximum absolute atomic E-state index is 9.42. The van der Waals surface area contributed by atoms with E-state index < -0.39 is 12.2 Å². The summed E-state index contributed by atoms with van der Waals surface area (Å²) >= 11 is 0. The van der Waals surface area contributed by atoms with Crippen molar-refractivity contribution in [2.45, 2.75) is 18.6 Å². The molecule has 2 heterocycles. The Hall–Kier alpha value is -1.07. The zero-order chi connectivity index (χ0) is 9.26. The lowest BCUT2D eigenvalue weighted by Crippen LogP contribution is -2.46. The first kappa shape index (κ1) is 8.52. The Bertz CT molecular complexity index is 262. The van der Waals surface area contributed by atoms with Gasteiger partial charge >= 0.3 is 0 Å². The number of nitrogens with one attached hydrogen (secondary N) is 1. The minimum Gasteiger partial charge on any atom is -0.390 e. The standard InChI is InChI=1S/C8H13N3O2/c12-6-2-4-11(5-7(6)13)8-1-3-9-10-8/h1,3,6-7,12-13H,2,4-5H2,(H,9,10). The Morgan fingerprint density at radius 2 is 2.31 bits per heavy atom. The van der Waals surface area contributed by atoms with Gasteiger partial charge in [0.05, 0.1) is 12.2 Å². The predicted octanol–water partition coefficient (Wildman–Crippen LogP) is -0.658. The lowest BCUT2D eigenvalue weighted by Gasteiger charge is -2.33. The summed E-state index contributed by atoms with van der Waals surface area (Å²) in [7, 11) is 0. The van der Waals surface area contributed by atoms with Crippen LogP contribution in [0.1, 0.15) is 6.42 Å². The molecule has 1 aliphatic rings. The highest BCUT2D eigenvalue weighted by Gasteiger charge is 2.26. The summed E-state index contributed by atoms with van der Waals surface area (Å²) in [6.45, 7) is 1.19. The maximum Gasteiger partial charge on any atom is 0.150 e. The Morgan fingerprint density at radius 3 is 2.92 bits per heavy atom.